The summed E-state index contributed by atoms with van der Waals surface area (Å²) in [6.07, 6.45) is 2.20. The van der Waals surface area contributed by atoms with Gasteiger partial charge in [0.1, 0.15) is 10.6 Å². The van der Waals surface area contributed by atoms with Crippen LogP contribution in [-0.4, -0.2) is 52.8 Å². The lowest BCUT2D eigenvalue weighted by molar-refractivity contribution is -0.126. The normalized spacial score (nSPS) is 16.4. The highest BCUT2D eigenvalue weighted by Crippen LogP contribution is 2.44. The Morgan fingerprint density at radius 1 is 1.15 bits per heavy atom. The summed E-state index contributed by atoms with van der Waals surface area (Å²) < 4.78 is 37.1. The van der Waals surface area contributed by atoms with Gasteiger partial charge in [0.15, 0.2) is 9.84 Å². The molecule has 0 N–H and O–H groups in total. The van der Waals surface area contributed by atoms with Gasteiger partial charge in [-0.3, -0.25) is 9.69 Å². The molecule has 0 bridgehead atoms. The predicted molar refractivity (Wildman–Crippen MR) is 128 cm³/mol. The molecule has 7 nitrogen and oxygen atoms in total. The van der Waals surface area contributed by atoms with E-state index < -0.39 is 20.0 Å². The minimum absolute atomic E-state index is 0.0886. The lowest BCUT2D eigenvalue weighted by atomic mass is 9.91. The van der Waals surface area contributed by atoms with Gasteiger partial charge in [0.25, 0.3) is 0 Å². The smallest absolute Gasteiger partial charge is 0.233 e. The summed E-state index contributed by atoms with van der Waals surface area (Å²) in [5.41, 5.74) is -0.0205. The van der Waals surface area contributed by atoms with E-state index in [1.807, 2.05) is 20.8 Å². The summed E-state index contributed by atoms with van der Waals surface area (Å²) in [7, 11) is -2.18. The Morgan fingerprint density at radius 2 is 1.79 bits per heavy atom. The van der Waals surface area contributed by atoms with Crippen LogP contribution in [0, 0.1) is 5.41 Å². The van der Waals surface area contributed by atoms with Crippen molar-refractivity contribution in [3.63, 3.8) is 0 Å². The second kappa shape index (κ2) is 10.1. The van der Waals surface area contributed by atoms with Gasteiger partial charge in [0, 0.05) is 37.0 Å². The SMILES string of the molecule is COCCN(C(=O)C(C)(C)C)c1ccc(C2(S(=O)(=O)c3ccc(Cl)cc3)CCOCC2)cn1. The molecule has 1 fully saturated rings. The van der Waals surface area contributed by atoms with Gasteiger partial charge in [-0.05, 0) is 48.7 Å². The number of rotatable bonds is 7. The number of benzene rings is 1. The molecular weight excluding hydrogens is 464 g/mol. The van der Waals surface area contributed by atoms with Crippen LogP contribution in [0.3, 0.4) is 0 Å². The van der Waals surface area contributed by atoms with Gasteiger partial charge in [0.2, 0.25) is 5.91 Å². The number of anilines is 1. The minimum atomic E-state index is -3.76. The predicted octanol–water partition coefficient (Wildman–Crippen LogP) is 4.24. The fourth-order valence-corrected chi connectivity index (χ4v) is 6.18. The summed E-state index contributed by atoms with van der Waals surface area (Å²) in [4.78, 5) is 19.3. The molecule has 1 amide bonds. The number of hydrogen-bond donors (Lipinski definition) is 0. The van der Waals surface area contributed by atoms with Crippen molar-refractivity contribution in [2.24, 2.45) is 5.41 Å². The largest absolute Gasteiger partial charge is 0.383 e. The molecule has 1 aromatic carbocycles. The lowest BCUT2D eigenvalue weighted by Gasteiger charge is -2.37. The van der Waals surface area contributed by atoms with E-state index in [1.54, 1.807) is 42.5 Å². The Morgan fingerprint density at radius 3 is 2.30 bits per heavy atom. The molecule has 2 heterocycles. The van der Waals surface area contributed by atoms with Gasteiger partial charge in [-0.25, -0.2) is 13.4 Å². The molecule has 33 heavy (non-hydrogen) atoms. The molecule has 0 saturated carbocycles. The first-order valence-corrected chi connectivity index (χ1v) is 12.7. The van der Waals surface area contributed by atoms with E-state index in [4.69, 9.17) is 21.1 Å². The van der Waals surface area contributed by atoms with E-state index in [9.17, 15) is 13.2 Å². The fourth-order valence-electron chi connectivity index (χ4n) is 3.98. The van der Waals surface area contributed by atoms with Gasteiger partial charge in [-0.1, -0.05) is 38.4 Å². The number of nitrogens with zero attached hydrogens (tertiary/aromatic N) is 2. The molecule has 0 atom stereocenters. The molecule has 0 unspecified atom stereocenters. The highest BCUT2D eigenvalue weighted by molar-refractivity contribution is 7.92. The number of carbonyl (C=O) groups is 1. The van der Waals surface area contributed by atoms with Crippen molar-refractivity contribution in [3.05, 3.63) is 53.2 Å². The van der Waals surface area contributed by atoms with Crippen molar-refractivity contribution in [3.8, 4) is 0 Å². The molecule has 180 valence electrons. The second-order valence-corrected chi connectivity index (χ2v) is 11.9. The van der Waals surface area contributed by atoms with Crippen molar-refractivity contribution < 1.29 is 22.7 Å². The van der Waals surface area contributed by atoms with Gasteiger partial charge < -0.3 is 9.47 Å². The van der Waals surface area contributed by atoms with Crippen LogP contribution in [0.15, 0.2) is 47.5 Å². The molecule has 0 spiro atoms. The standard InChI is InChI=1S/C24H31ClN2O5S/c1-23(2,3)22(28)27(13-16-31-4)21-10-5-18(17-26-21)24(11-14-32-15-12-24)33(29,30)20-8-6-19(25)7-9-20/h5-10,17H,11-16H2,1-4H3. The second-order valence-electron chi connectivity index (χ2n) is 9.17. The summed E-state index contributed by atoms with van der Waals surface area (Å²) in [6.45, 7) is 6.91. The monoisotopic (exact) mass is 494 g/mol. The number of carbonyl (C=O) groups excluding carboxylic acids is 1. The van der Waals surface area contributed by atoms with E-state index in [0.29, 0.717) is 55.6 Å². The first-order chi connectivity index (χ1) is 15.5. The molecule has 0 aliphatic carbocycles. The van der Waals surface area contributed by atoms with Crippen LogP contribution in [0.2, 0.25) is 5.02 Å². The number of sulfone groups is 1. The van der Waals surface area contributed by atoms with Crippen LogP contribution < -0.4 is 4.90 Å². The first kappa shape index (κ1) is 25.6. The van der Waals surface area contributed by atoms with Crippen molar-refractivity contribution in [1.29, 1.82) is 0 Å². The van der Waals surface area contributed by atoms with Gasteiger partial charge in [-0.2, -0.15) is 0 Å². The summed E-state index contributed by atoms with van der Waals surface area (Å²) >= 11 is 5.97. The minimum Gasteiger partial charge on any atom is -0.383 e. The van der Waals surface area contributed by atoms with Crippen LogP contribution in [-0.2, 0) is 28.9 Å². The summed E-state index contributed by atoms with van der Waals surface area (Å²) in [5, 5.41) is 0.473. The van der Waals surface area contributed by atoms with Crippen LogP contribution in [0.1, 0.15) is 39.2 Å². The van der Waals surface area contributed by atoms with E-state index in [1.165, 1.54) is 12.1 Å². The fraction of sp³-hybridized carbons (Fsp3) is 0.500. The molecule has 1 saturated heterocycles. The third-order valence-electron chi connectivity index (χ3n) is 5.90. The number of hydrogen-bond acceptors (Lipinski definition) is 6. The van der Waals surface area contributed by atoms with Crippen LogP contribution in [0.5, 0.6) is 0 Å². The molecule has 1 aliphatic heterocycles. The Kier molecular flexibility index (Phi) is 7.84. The van der Waals surface area contributed by atoms with E-state index in [0.717, 1.165) is 0 Å². The zero-order chi connectivity index (χ0) is 24.3. The van der Waals surface area contributed by atoms with Crippen LogP contribution >= 0.6 is 11.6 Å². The lowest BCUT2D eigenvalue weighted by Crippen LogP contribution is -2.43. The number of pyridine rings is 1. The summed E-state index contributed by atoms with van der Waals surface area (Å²) in [5.74, 6) is 0.371. The maximum atomic E-state index is 13.8. The van der Waals surface area contributed by atoms with E-state index in [2.05, 4.69) is 4.98 Å². The molecule has 1 aliphatic rings. The number of ether oxygens (including phenoxy) is 2. The zero-order valence-electron chi connectivity index (χ0n) is 19.5. The average Bonchev–Trinajstić information content (AvgIpc) is 2.79. The molecule has 9 heteroatoms. The third-order valence-corrected chi connectivity index (χ3v) is 8.71. The highest BCUT2D eigenvalue weighted by Gasteiger charge is 2.47. The Hall–Kier alpha value is -2.00. The maximum Gasteiger partial charge on any atom is 0.233 e. The van der Waals surface area contributed by atoms with Crippen LogP contribution in [0.4, 0.5) is 5.82 Å². The van der Waals surface area contributed by atoms with Crippen LogP contribution in [0.25, 0.3) is 0 Å². The topological polar surface area (TPSA) is 85.8 Å². The van der Waals surface area contributed by atoms with Gasteiger partial charge in [-0.15, -0.1) is 0 Å². The van der Waals surface area contributed by atoms with Crippen molar-refractivity contribution in [2.45, 2.75) is 43.3 Å². The Labute approximate surface area is 201 Å². The number of halogens is 1. The van der Waals surface area contributed by atoms with E-state index >= 15 is 0 Å². The Balaban J connectivity index is 2.03. The molecular formula is C24H31ClN2O5S. The number of aromatic nitrogens is 1. The molecule has 0 radical (unpaired) electrons. The molecule has 1 aromatic heterocycles. The quantitative estimate of drug-likeness (QED) is 0.572. The first-order valence-electron chi connectivity index (χ1n) is 10.9. The number of methoxy groups -OCH3 is 1. The molecule has 2 aromatic rings. The average molecular weight is 495 g/mol. The number of amides is 1. The van der Waals surface area contributed by atoms with Gasteiger partial charge in [0.05, 0.1) is 18.0 Å². The van der Waals surface area contributed by atoms with Crippen molar-refractivity contribution in [1.82, 2.24) is 4.98 Å². The van der Waals surface area contributed by atoms with Crippen molar-refractivity contribution >= 4 is 33.2 Å². The van der Waals surface area contributed by atoms with Crippen molar-refractivity contribution in [2.75, 3.05) is 38.4 Å². The summed E-state index contributed by atoms with van der Waals surface area (Å²) in [6, 6.07) is 9.69. The third kappa shape index (κ3) is 5.24. The van der Waals surface area contributed by atoms with E-state index in [-0.39, 0.29) is 10.8 Å². The Bertz CT molecular complexity index is 1060. The molecule has 3 rings (SSSR count). The van der Waals surface area contributed by atoms with Gasteiger partial charge >= 0.3 is 0 Å². The maximum absolute atomic E-state index is 13.8. The zero-order valence-corrected chi connectivity index (χ0v) is 21.1. The highest BCUT2D eigenvalue weighted by atomic mass is 35.5.